The van der Waals surface area contributed by atoms with Crippen molar-refractivity contribution in [2.45, 2.75) is 26.7 Å². The van der Waals surface area contributed by atoms with Crippen molar-refractivity contribution >= 4 is 11.8 Å². The number of ether oxygens (including phenoxy) is 3. The lowest BCUT2D eigenvalue weighted by atomic mass is 10.2. The average Bonchev–Trinajstić information content (AvgIpc) is 2.72. The van der Waals surface area contributed by atoms with Crippen molar-refractivity contribution in [1.82, 2.24) is 10.9 Å². The quantitative estimate of drug-likeness (QED) is 0.484. The summed E-state index contributed by atoms with van der Waals surface area (Å²) in [6.45, 7) is 4.83. The monoisotopic (exact) mass is 386 g/mol. The summed E-state index contributed by atoms with van der Waals surface area (Å²) < 4.78 is 16.4. The van der Waals surface area contributed by atoms with Crippen LogP contribution in [0.2, 0.25) is 0 Å². The topological polar surface area (TPSA) is 85.9 Å². The van der Waals surface area contributed by atoms with Gasteiger partial charge in [-0.3, -0.25) is 20.4 Å². The second kappa shape index (κ2) is 11.5. The van der Waals surface area contributed by atoms with Crippen molar-refractivity contribution in [3.63, 3.8) is 0 Å². The van der Waals surface area contributed by atoms with Crippen molar-refractivity contribution in [3.8, 4) is 17.2 Å². The molecule has 2 aromatic carbocycles. The van der Waals surface area contributed by atoms with Crippen LogP contribution in [-0.2, 0) is 4.79 Å². The van der Waals surface area contributed by atoms with E-state index in [0.717, 1.165) is 12.8 Å². The lowest BCUT2D eigenvalue weighted by Crippen LogP contribution is -2.43. The third kappa shape index (κ3) is 6.83. The predicted octanol–water partition coefficient (Wildman–Crippen LogP) is 3.10. The van der Waals surface area contributed by atoms with Crippen LogP contribution >= 0.6 is 0 Å². The highest BCUT2D eigenvalue weighted by Crippen LogP contribution is 2.26. The molecular weight excluding hydrogens is 360 g/mol. The number of nitrogens with one attached hydrogen (secondary N) is 2. The fraction of sp³-hybridized carbons (Fsp3) is 0.333. The molecule has 0 unspecified atom stereocenters. The summed E-state index contributed by atoms with van der Waals surface area (Å²) in [7, 11) is 0. The number of amides is 2. The maximum Gasteiger partial charge on any atom is 0.276 e. The summed E-state index contributed by atoms with van der Waals surface area (Å²) in [6, 6.07) is 13.8. The van der Waals surface area contributed by atoms with E-state index in [-0.39, 0.29) is 6.61 Å². The summed E-state index contributed by atoms with van der Waals surface area (Å²) in [6.07, 6.45) is 2.03. The molecule has 7 heteroatoms. The SMILES string of the molecule is CCCCOc1ccc(C(=O)NNC(=O)COc2ccccc2OCC)cc1. The van der Waals surface area contributed by atoms with Gasteiger partial charge < -0.3 is 14.2 Å². The molecule has 0 saturated carbocycles. The lowest BCUT2D eigenvalue weighted by Gasteiger charge is -2.12. The summed E-state index contributed by atoms with van der Waals surface area (Å²) in [4.78, 5) is 24.0. The molecular formula is C21H26N2O5. The van der Waals surface area contributed by atoms with Gasteiger partial charge in [-0.1, -0.05) is 25.5 Å². The van der Waals surface area contributed by atoms with Crippen LogP contribution in [0.3, 0.4) is 0 Å². The van der Waals surface area contributed by atoms with E-state index in [0.29, 0.717) is 36.0 Å². The van der Waals surface area contributed by atoms with Gasteiger partial charge in [0.2, 0.25) is 0 Å². The number of carbonyl (C=O) groups is 2. The fourth-order valence-corrected chi connectivity index (χ4v) is 2.26. The largest absolute Gasteiger partial charge is 0.494 e. The first kappa shape index (κ1) is 21.1. The van der Waals surface area contributed by atoms with Gasteiger partial charge >= 0.3 is 0 Å². The van der Waals surface area contributed by atoms with Crippen LogP contribution < -0.4 is 25.1 Å². The minimum atomic E-state index is -0.487. The minimum Gasteiger partial charge on any atom is -0.494 e. The highest BCUT2D eigenvalue weighted by atomic mass is 16.5. The molecule has 0 bridgehead atoms. The molecule has 7 nitrogen and oxygen atoms in total. The Balaban J connectivity index is 1.77. The molecule has 2 aromatic rings. The summed E-state index contributed by atoms with van der Waals surface area (Å²) >= 11 is 0. The zero-order chi connectivity index (χ0) is 20.2. The number of hydrogen-bond acceptors (Lipinski definition) is 5. The third-order valence-electron chi connectivity index (χ3n) is 3.71. The second-order valence-electron chi connectivity index (χ2n) is 5.90. The Bertz CT molecular complexity index is 762. The Morgan fingerprint density at radius 3 is 2.18 bits per heavy atom. The molecule has 150 valence electrons. The fourth-order valence-electron chi connectivity index (χ4n) is 2.26. The summed E-state index contributed by atoms with van der Waals surface area (Å²) in [5.74, 6) is 0.810. The number of para-hydroxylation sites is 2. The van der Waals surface area contributed by atoms with E-state index in [1.54, 1.807) is 42.5 Å². The van der Waals surface area contributed by atoms with Gasteiger partial charge in [0, 0.05) is 5.56 Å². The number of benzene rings is 2. The minimum absolute atomic E-state index is 0.255. The van der Waals surface area contributed by atoms with Crippen molar-refractivity contribution in [1.29, 1.82) is 0 Å². The van der Waals surface area contributed by atoms with Gasteiger partial charge in [0.15, 0.2) is 18.1 Å². The zero-order valence-corrected chi connectivity index (χ0v) is 16.2. The molecule has 28 heavy (non-hydrogen) atoms. The smallest absolute Gasteiger partial charge is 0.276 e. The number of hydrogen-bond donors (Lipinski definition) is 2. The van der Waals surface area contributed by atoms with E-state index in [1.807, 2.05) is 13.0 Å². The average molecular weight is 386 g/mol. The van der Waals surface area contributed by atoms with Crippen molar-refractivity contribution < 1.29 is 23.8 Å². The van der Waals surface area contributed by atoms with E-state index in [4.69, 9.17) is 14.2 Å². The number of carbonyl (C=O) groups excluding carboxylic acids is 2. The van der Waals surface area contributed by atoms with Crippen LogP contribution in [0.25, 0.3) is 0 Å². The van der Waals surface area contributed by atoms with Crippen LogP contribution in [0.4, 0.5) is 0 Å². The maximum absolute atomic E-state index is 12.1. The zero-order valence-electron chi connectivity index (χ0n) is 16.2. The molecule has 2 rings (SSSR count). The van der Waals surface area contributed by atoms with Crippen molar-refractivity contribution in [2.75, 3.05) is 19.8 Å². The van der Waals surface area contributed by atoms with E-state index in [2.05, 4.69) is 17.8 Å². The Morgan fingerprint density at radius 1 is 0.857 bits per heavy atom. The van der Waals surface area contributed by atoms with E-state index in [9.17, 15) is 9.59 Å². The number of unbranched alkanes of at least 4 members (excludes halogenated alkanes) is 1. The second-order valence-corrected chi connectivity index (χ2v) is 5.90. The highest BCUT2D eigenvalue weighted by Gasteiger charge is 2.10. The van der Waals surface area contributed by atoms with Gasteiger partial charge in [-0.05, 0) is 49.7 Å². The molecule has 0 aliphatic heterocycles. The first-order chi connectivity index (χ1) is 13.6. The van der Waals surface area contributed by atoms with Crippen molar-refractivity contribution in [3.05, 3.63) is 54.1 Å². The standard InChI is InChI=1S/C21H26N2O5/c1-3-5-14-27-17-12-10-16(11-13-17)21(25)23-22-20(24)15-28-19-9-7-6-8-18(19)26-4-2/h6-13H,3-5,14-15H2,1-2H3,(H,22,24)(H,23,25). The van der Waals surface area contributed by atoms with Crippen LogP contribution in [0.5, 0.6) is 17.2 Å². The van der Waals surface area contributed by atoms with Gasteiger partial charge in [0.1, 0.15) is 5.75 Å². The first-order valence-corrected chi connectivity index (χ1v) is 9.30. The van der Waals surface area contributed by atoms with Crippen molar-refractivity contribution in [2.24, 2.45) is 0 Å². The van der Waals surface area contributed by atoms with Crippen LogP contribution in [-0.4, -0.2) is 31.6 Å². The molecule has 2 N–H and O–H groups in total. The lowest BCUT2D eigenvalue weighted by molar-refractivity contribution is -0.123. The maximum atomic E-state index is 12.1. The molecule has 0 aromatic heterocycles. The van der Waals surface area contributed by atoms with E-state index < -0.39 is 11.8 Å². The summed E-state index contributed by atoms with van der Waals surface area (Å²) in [5, 5.41) is 0. The molecule has 2 amide bonds. The Hall–Kier alpha value is -3.22. The molecule has 0 spiro atoms. The Kier molecular flexibility index (Phi) is 8.65. The Labute approximate surface area is 165 Å². The van der Waals surface area contributed by atoms with Gasteiger partial charge in [-0.25, -0.2) is 0 Å². The summed E-state index contributed by atoms with van der Waals surface area (Å²) in [5.41, 5.74) is 5.09. The van der Waals surface area contributed by atoms with E-state index in [1.165, 1.54) is 0 Å². The third-order valence-corrected chi connectivity index (χ3v) is 3.71. The molecule has 0 radical (unpaired) electrons. The van der Waals surface area contributed by atoms with Crippen LogP contribution in [0, 0.1) is 0 Å². The molecule has 0 saturated heterocycles. The molecule has 0 atom stereocenters. The molecule has 0 aliphatic rings. The molecule has 0 fully saturated rings. The Morgan fingerprint density at radius 2 is 1.54 bits per heavy atom. The van der Waals surface area contributed by atoms with Gasteiger partial charge in [-0.2, -0.15) is 0 Å². The number of hydrazine groups is 1. The van der Waals surface area contributed by atoms with Gasteiger partial charge in [-0.15, -0.1) is 0 Å². The van der Waals surface area contributed by atoms with Gasteiger partial charge in [0.05, 0.1) is 13.2 Å². The molecule has 0 aliphatic carbocycles. The van der Waals surface area contributed by atoms with E-state index >= 15 is 0 Å². The predicted molar refractivity (Wildman–Crippen MR) is 106 cm³/mol. The molecule has 0 heterocycles. The first-order valence-electron chi connectivity index (χ1n) is 9.30. The van der Waals surface area contributed by atoms with Crippen LogP contribution in [0.1, 0.15) is 37.0 Å². The van der Waals surface area contributed by atoms with Gasteiger partial charge in [0.25, 0.3) is 11.8 Å². The number of rotatable bonds is 10. The highest BCUT2D eigenvalue weighted by molar-refractivity contribution is 5.95. The van der Waals surface area contributed by atoms with Crippen LogP contribution in [0.15, 0.2) is 48.5 Å². The normalized spacial score (nSPS) is 10.1.